The molecule has 0 spiro atoms. The second kappa shape index (κ2) is 9.19. The van der Waals surface area contributed by atoms with Crippen molar-refractivity contribution in [1.82, 2.24) is 10.2 Å². The number of carbonyl (C=O) groups is 2. The summed E-state index contributed by atoms with van der Waals surface area (Å²) in [4.78, 5) is 27.5. The molecule has 0 saturated carbocycles. The maximum absolute atomic E-state index is 13.1. The van der Waals surface area contributed by atoms with E-state index >= 15 is 0 Å². The lowest BCUT2D eigenvalue weighted by atomic mass is 10.1. The van der Waals surface area contributed by atoms with E-state index in [1.54, 1.807) is 30.2 Å². The van der Waals surface area contributed by atoms with Crippen molar-refractivity contribution in [1.29, 1.82) is 0 Å². The number of amides is 2. The van der Waals surface area contributed by atoms with E-state index in [1.807, 2.05) is 43.3 Å². The SMILES string of the molecule is COc1ccccc1C=C(NC(=O)c1ccc(C)cc1)C(=O)N1CCOCC1. The monoisotopic (exact) mass is 380 g/mol. The van der Waals surface area contributed by atoms with Crippen molar-refractivity contribution in [3.05, 3.63) is 70.9 Å². The molecule has 0 aliphatic carbocycles. The van der Waals surface area contributed by atoms with Gasteiger partial charge in [0.2, 0.25) is 0 Å². The van der Waals surface area contributed by atoms with Crippen molar-refractivity contribution < 1.29 is 19.1 Å². The fraction of sp³-hybridized carbons (Fsp3) is 0.273. The summed E-state index contributed by atoms with van der Waals surface area (Å²) in [7, 11) is 1.57. The Labute approximate surface area is 164 Å². The number of ether oxygens (including phenoxy) is 2. The Balaban J connectivity index is 1.91. The van der Waals surface area contributed by atoms with E-state index in [0.29, 0.717) is 43.2 Å². The maximum Gasteiger partial charge on any atom is 0.270 e. The highest BCUT2D eigenvalue weighted by atomic mass is 16.5. The Morgan fingerprint density at radius 1 is 1.07 bits per heavy atom. The topological polar surface area (TPSA) is 67.9 Å². The normalized spacial score (nSPS) is 14.5. The molecule has 1 aliphatic heterocycles. The molecule has 1 fully saturated rings. The Bertz CT molecular complexity index is 868. The van der Waals surface area contributed by atoms with Crippen molar-refractivity contribution >= 4 is 17.9 Å². The van der Waals surface area contributed by atoms with Gasteiger partial charge in [0.25, 0.3) is 11.8 Å². The summed E-state index contributed by atoms with van der Waals surface area (Å²) >= 11 is 0. The van der Waals surface area contributed by atoms with E-state index in [9.17, 15) is 9.59 Å². The molecule has 2 aromatic rings. The predicted molar refractivity (Wildman–Crippen MR) is 107 cm³/mol. The van der Waals surface area contributed by atoms with Gasteiger partial charge in [-0.15, -0.1) is 0 Å². The number of nitrogens with one attached hydrogen (secondary N) is 1. The standard InChI is InChI=1S/C22H24N2O4/c1-16-7-9-17(10-8-16)21(25)23-19(22(26)24-11-13-28-14-12-24)15-18-5-3-4-6-20(18)27-2/h3-10,15H,11-14H2,1-2H3,(H,23,25). The number of para-hydroxylation sites is 1. The Morgan fingerprint density at radius 2 is 1.75 bits per heavy atom. The third-order valence-corrected chi connectivity index (χ3v) is 4.53. The summed E-state index contributed by atoms with van der Waals surface area (Å²) in [6.07, 6.45) is 1.66. The van der Waals surface area contributed by atoms with Gasteiger partial charge in [-0.3, -0.25) is 9.59 Å². The number of hydrogen-bond donors (Lipinski definition) is 1. The molecule has 0 unspecified atom stereocenters. The van der Waals surface area contributed by atoms with Crippen molar-refractivity contribution in [2.45, 2.75) is 6.92 Å². The average Bonchev–Trinajstić information content (AvgIpc) is 2.74. The number of carbonyl (C=O) groups excluding carboxylic acids is 2. The van der Waals surface area contributed by atoms with Gasteiger partial charge >= 0.3 is 0 Å². The van der Waals surface area contributed by atoms with Crippen LogP contribution < -0.4 is 10.1 Å². The molecule has 0 aromatic heterocycles. The van der Waals surface area contributed by atoms with Gasteiger partial charge in [-0.1, -0.05) is 35.9 Å². The number of methoxy groups -OCH3 is 1. The van der Waals surface area contributed by atoms with Gasteiger partial charge in [0, 0.05) is 24.2 Å². The Morgan fingerprint density at radius 3 is 2.43 bits per heavy atom. The predicted octanol–water partition coefficient (Wildman–Crippen LogP) is 2.63. The van der Waals surface area contributed by atoms with Gasteiger partial charge in [0.05, 0.1) is 20.3 Å². The minimum Gasteiger partial charge on any atom is -0.496 e. The zero-order valence-electron chi connectivity index (χ0n) is 16.1. The molecule has 1 heterocycles. The molecule has 6 heteroatoms. The minimum atomic E-state index is -0.331. The molecule has 146 valence electrons. The first-order valence-corrected chi connectivity index (χ1v) is 9.18. The summed E-state index contributed by atoms with van der Waals surface area (Å²) in [5.74, 6) is 0.0526. The zero-order chi connectivity index (χ0) is 19.9. The van der Waals surface area contributed by atoms with Crippen molar-refractivity contribution in [2.75, 3.05) is 33.4 Å². The minimum absolute atomic E-state index is 0.206. The highest BCUT2D eigenvalue weighted by molar-refractivity contribution is 6.05. The van der Waals surface area contributed by atoms with E-state index in [-0.39, 0.29) is 17.5 Å². The molecular formula is C22H24N2O4. The smallest absolute Gasteiger partial charge is 0.270 e. The van der Waals surface area contributed by atoms with Crippen LogP contribution in [0.15, 0.2) is 54.2 Å². The van der Waals surface area contributed by atoms with E-state index in [2.05, 4.69) is 5.32 Å². The molecule has 28 heavy (non-hydrogen) atoms. The molecule has 2 amide bonds. The van der Waals surface area contributed by atoms with Crippen LogP contribution in [-0.2, 0) is 9.53 Å². The van der Waals surface area contributed by atoms with Crippen LogP contribution in [0.2, 0.25) is 0 Å². The zero-order valence-corrected chi connectivity index (χ0v) is 16.1. The van der Waals surface area contributed by atoms with Crippen LogP contribution in [0.1, 0.15) is 21.5 Å². The van der Waals surface area contributed by atoms with Crippen LogP contribution in [0.4, 0.5) is 0 Å². The van der Waals surface area contributed by atoms with Gasteiger partial charge in [0.15, 0.2) is 0 Å². The van der Waals surface area contributed by atoms with E-state index < -0.39 is 0 Å². The first kappa shape index (κ1) is 19.6. The summed E-state index contributed by atoms with van der Waals surface area (Å²) in [6, 6.07) is 14.6. The Kier molecular flexibility index (Phi) is 6.45. The number of benzene rings is 2. The number of morpholine rings is 1. The molecular weight excluding hydrogens is 356 g/mol. The number of hydrogen-bond acceptors (Lipinski definition) is 4. The molecule has 0 bridgehead atoms. The fourth-order valence-corrected chi connectivity index (χ4v) is 2.93. The van der Waals surface area contributed by atoms with Gasteiger partial charge in [0.1, 0.15) is 11.4 Å². The first-order valence-electron chi connectivity index (χ1n) is 9.18. The van der Waals surface area contributed by atoms with E-state index in [0.717, 1.165) is 5.56 Å². The maximum atomic E-state index is 13.1. The Hall–Kier alpha value is -3.12. The average molecular weight is 380 g/mol. The molecule has 1 N–H and O–H groups in total. The molecule has 2 aromatic carbocycles. The lowest BCUT2D eigenvalue weighted by molar-refractivity contribution is -0.131. The van der Waals surface area contributed by atoms with Gasteiger partial charge < -0.3 is 19.7 Å². The second-order valence-electron chi connectivity index (χ2n) is 6.52. The first-order chi connectivity index (χ1) is 13.6. The summed E-state index contributed by atoms with van der Waals surface area (Å²) < 4.78 is 10.7. The largest absolute Gasteiger partial charge is 0.496 e. The lowest BCUT2D eigenvalue weighted by Crippen LogP contribution is -2.44. The van der Waals surface area contributed by atoms with Crippen molar-refractivity contribution in [3.8, 4) is 5.75 Å². The quantitative estimate of drug-likeness (QED) is 0.810. The van der Waals surface area contributed by atoms with Gasteiger partial charge in [-0.25, -0.2) is 0 Å². The van der Waals surface area contributed by atoms with E-state index in [1.165, 1.54) is 0 Å². The summed E-state index contributed by atoms with van der Waals surface area (Å²) in [5, 5.41) is 2.78. The number of rotatable bonds is 5. The van der Waals surface area contributed by atoms with Crippen LogP contribution in [0, 0.1) is 6.92 Å². The molecule has 1 aliphatic rings. The number of nitrogens with zero attached hydrogens (tertiary/aromatic N) is 1. The van der Waals surface area contributed by atoms with Gasteiger partial charge in [-0.05, 0) is 31.2 Å². The fourth-order valence-electron chi connectivity index (χ4n) is 2.93. The third kappa shape index (κ3) is 4.78. The van der Waals surface area contributed by atoms with Crippen LogP contribution in [-0.4, -0.2) is 50.1 Å². The van der Waals surface area contributed by atoms with Crippen molar-refractivity contribution in [2.24, 2.45) is 0 Å². The lowest BCUT2D eigenvalue weighted by Gasteiger charge is -2.28. The molecule has 3 rings (SSSR count). The van der Waals surface area contributed by atoms with Crippen LogP contribution >= 0.6 is 0 Å². The molecule has 1 saturated heterocycles. The summed E-state index contributed by atoms with van der Waals surface area (Å²) in [5.41, 5.74) is 2.47. The number of aryl methyl sites for hydroxylation is 1. The highest BCUT2D eigenvalue weighted by Gasteiger charge is 2.23. The van der Waals surface area contributed by atoms with Crippen LogP contribution in [0.25, 0.3) is 6.08 Å². The van der Waals surface area contributed by atoms with Crippen LogP contribution in [0.5, 0.6) is 5.75 Å². The second-order valence-corrected chi connectivity index (χ2v) is 6.52. The summed E-state index contributed by atoms with van der Waals surface area (Å²) in [6.45, 7) is 3.90. The third-order valence-electron chi connectivity index (χ3n) is 4.53. The van der Waals surface area contributed by atoms with Gasteiger partial charge in [-0.2, -0.15) is 0 Å². The van der Waals surface area contributed by atoms with E-state index in [4.69, 9.17) is 9.47 Å². The van der Waals surface area contributed by atoms with Crippen molar-refractivity contribution in [3.63, 3.8) is 0 Å². The molecule has 0 atom stereocenters. The highest BCUT2D eigenvalue weighted by Crippen LogP contribution is 2.21. The van der Waals surface area contributed by atoms with Crippen LogP contribution in [0.3, 0.4) is 0 Å². The molecule has 0 radical (unpaired) electrons. The molecule has 6 nitrogen and oxygen atoms in total.